The van der Waals surface area contributed by atoms with E-state index < -0.39 is 12.0 Å². The fraction of sp³-hybridized carbons (Fsp3) is 0.727. The number of nitrogens with zero attached hydrogens (tertiary/aromatic N) is 3. The van der Waals surface area contributed by atoms with Crippen molar-refractivity contribution in [3.8, 4) is 0 Å². The lowest BCUT2D eigenvalue weighted by molar-refractivity contribution is -0.138. The molecule has 7 heteroatoms. The summed E-state index contributed by atoms with van der Waals surface area (Å²) in [6.45, 7) is 3.00. The third kappa shape index (κ3) is 5.03. The van der Waals surface area contributed by atoms with Crippen LogP contribution in [0.3, 0.4) is 0 Å². The standard InChI is InChI=1S/C11H21N3O4/c1-8(2)14(7-10(16)17)11(18)13(5)6-9(15)12(3)4/h8H,6-7H2,1-5H3,(H,16,17). The predicted molar refractivity (Wildman–Crippen MR) is 66.2 cm³/mol. The van der Waals surface area contributed by atoms with Gasteiger partial charge >= 0.3 is 12.0 Å². The molecule has 0 saturated carbocycles. The summed E-state index contributed by atoms with van der Waals surface area (Å²) in [4.78, 5) is 37.9. The molecule has 0 rings (SSSR count). The van der Waals surface area contributed by atoms with Crippen molar-refractivity contribution in [3.63, 3.8) is 0 Å². The first-order valence-electron chi connectivity index (χ1n) is 5.60. The van der Waals surface area contributed by atoms with E-state index in [1.165, 1.54) is 21.7 Å². The van der Waals surface area contributed by atoms with Crippen molar-refractivity contribution >= 4 is 17.9 Å². The van der Waals surface area contributed by atoms with Crippen LogP contribution in [0.25, 0.3) is 0 Å². The van der Waals surface area contributed by atoms with Gasteiger partial charge in [-0.05, 0) is 13.8 Å². The Balaban J connectivity index is 4.66. The molecule has 0 unspecified atom stereocenters. The first kappa shape index (κ1) is 16.2. The Hall–Kier alpha value is -1.79. The molecule has 0 aromatic rings. The molecular formula is C11H21N3O4. The lowest BCUT2D eigenvalue weighted by Gasteiger charge is -2.30. The summed E-state index contributed by atoms with van der Waals surface area (Å²) in [5, 5.41) is 8.75. The van der Waals surface area contributed by atoms with Gasteiger partial charge in [0, 0.05) is 27.2 Å². The quantitative estimate of drug-likeness (QED) is 0.749. The average Bonchev–Trinajstić information content (AvgIpc) is 2.23. The molecule has 0 aliphatic heterocycles. The number of carbonyl (C=O) groups excluding carboxylic acids is 2. The lowest BCUT2D eigenvalue weighted by atomic mass is 10.3. The van der Waals surface area contributed by atoms with Gasteiger partial charge in [-0.2, -0.15) is 0 Å². The van der Waals surface area contributed by atoms with Crippen LogP contribution in [-0.4, -0.2) is 78.0 Å². The molecule has 0 bridgehead atoms. The number of hydrogen-bond acceptors (Lipinski definition) is 3. The zero-order valence-corrected chi connectivity index (χ0v) is 11.5. The van der Waals surface area contributed by atoms with Crippen molar-refractivity contribution in [2.45, 2.75) is 19.9 Å². The van der Waals surface area contributed by atoms with Crippen molar-refractivity contribution in [3.05, 3.63) is 0 Å². The molecule has 0 aromatic heterocycles. The monoisotopic (exact) mass is 259 g/mol. The number of carboxylic acids is 1. The molecular weight excluding hydrogens is 238 g/mol. The second kappa shape index (κ2) is 6.83. The summed E-state index contributed by atoms with van der Waals surface area (Å²) in [6.07, 6.45) is 0. The number of carboxylic acid groups (broad SMARTS) is 1. The molecule has 0 spiro atoms. The van der Waals surface area contributed by atoms with E-state index in [1.54, 1.807) is 27.9 Å². The van der Waals surface area contributed by atoms with Gasteiger partial charge in [-0.25, -0.2) is 4.79 Å². The molecule has 0 aliphatic carbocycles. The Labute approximate surface area is 107 Å². The van der Waals surface area contributed by atoms with E-state index in [0.717, 1.165) is 0 Å². The highest BCUT2D eigenvalue weighted by atomic mass is 16.4. The molecule has 0 atom stereocenters. The van der Waals surface area contributed by atoms with Crippen LogP contribution >= 0.6 is 0 Å². The number of urea groups is 1. The molecule has 0 saturated heterocycles. The molecule has 1 N–H and O–H groups in total. The Bertz CT molecular complexity index is 328. The second-order valence-electron chi connectivity index (χ2n) is 4.54. The maximum absolute atomic E-state index is 12.0. The zero-order chi connectivity index (χ0) is 14.5. The third-order valence-electron chi connectivity index (χ3n) is 2.37. The second-order valence-corrected chi connectivity index (χ2v) is 4.54. The smallest absolute Gasteiger partial charge is 0.323 e. The lowest BCUT2D eigenvalue weighted by Crippen LogP contribution is -2.49. The number of amides is 3. The molecule has 0 radical (unpaired) electrons. The highest BCUT2D eigenvalue weighted by Gasteiger charge is 2.24. The fourth-order valence-electron chi connectivity index (χ4n) is 1.25. The van der Waals surface area contributed by atoms with Gasteiger partial charge in [-0.3, -0.25) is 9.59 Å². The summed E-state index contributed by atoms with van der Waals surface area (Å²) in [6, 6.07) is -0.715. The van der Waals surface area contributed by atoms with E-state index in [1.807, 2.05) is 0 Å². The van der Waals surface area contributed by atoms with Crippen molar-refractivity contribution in [2.75, 3.05) is 34.2 Å². The summed E-state index contributed by atoms with van der Waals surface area (Å²) < 4.78 is 0. The van der Waals surface area contributed by atoms with Crippen molar-refractivity contribution in [2.24, 2.45) is 0 Å². The summed E-state index contributed by atoms with van der Waals surface area (Å²) in [5.41, 5.74) is 0. The van der Waals surface area contributed by atoms with E-state index >= 15 is 0 Å². The topological polar surface area (TPSA) is 81.2 Å². The van der Waals surface area contributed by atoms with Crippen LogP contribution in [0.15, 0.2) is 0 Å². The Morgan fingerprint density at radius 1 is 1.06 bits per heavy atom. The zero-order valence-electron chi connectivity index (χ0n) is 11.5. The normalized spacial score (nSPS) is 10.1. The van der Waals surface area contributed by atoms with Crippen LogP contribution in [0, 0.1) is 0 Å². The maximum atomic E-state index is 12.0. The molecule has 0 aromatic carbocycles. The highest BCUT2D eigenvalue weighted by molar-refractivity contribution is 5.85. The minimum Gasteiger partial charge on any atom is -0.480 e. The van der Waals surface area contributed by atoms with Gasteiger partial charge in [-0.15, -0.1) is 0 Å². The van der Waals surface area contributed by atoms with Gasteiger partial charge in [0.2, 0.25) is 5.91 Å². The van der Waals surface area contributed by atoms with Crippen LogP contribution in [0.1, 0.15) is 13.8 Å². The van der Waals surface area contributed by atoms with Gasteiger partial charge < -0.3 is 19.8 Å². The van der Waals surface area contributed by atoms with Crippen LogP contribution in [0.4, 0.5) is 4.79 Å². The van der Waals surface area contributed by atoms with Gasteiger partial charge in [-0.1, -0.05) is 0 Å². The molecule has 7 nitrogen and oxygen atoms in total. The Morgan fingerprint density at radius 2 is 1.56 bits per heavy atom. The number of hydrogen-bond donors (Lipinski definition) is 1. The molecule has 104 valence electrons. The number of rotatable bonds is 5. The summed E-state index contributed by atoms with van der Waals surface area (Å²) >= 11 is 0. The van der Waals surface area contributed by atoms with Crippen LogP contribution in [0.2, 0.25) is 0 Å². The summed E-state index contributed by atoms with van der Waals surface area (Å²) in [5.74, 6) is -1.30. The van der Waals surface area contributed by atoms with Gasteiger partial charge in [0.1, 0.15) is 13.1 Å². The SMILES string of the molecule is CC(C)N(CC(=O)O)C(=O)N(C)CC(=O)N(C)C. The average molecular weight is 259 g/mol. The first-order chi connectivity index (χ1) is 8.16. The van der Waals surface area contributed by atoms with Gasteiger partial charge in [0.25, 0.3) is 0 Å². The van der Waals surface area contributed by atoms with E-state index in [-0.39, 0.29) is 25.0 Å². The first-order valence-corrected chi connectivity index (χ1v) is 5.60. The molecule has 3 amide bonds. The van der Waals surface area contributed by atoms with Crippen LogP contribution in [-0.2, 0) is 9.59 Å². The molecule has 0 heterocycles. The molecule has 0 fully saturated rings. The third-order valence-corrected chi connectivity index (χ3v) is 2.37. The largest absolute Gasteiger partial charge is 0.480 e. The van der Waals surface area contributed by atoms with Crippen molar-refractivity contribution < 1.29 is 19.5 Å². The van der Waals surface area contributed by atoms with E-state index in [4.69, 9.17) is 5.11 Å². The van der Waals surface area contributed by atoms with E-state index in [0.29, 0.717) is 0 Å². The number of likely N-dealkylation sites (N-methyl/N-ethyl adjacent to an activating group) is 2. The fourth-order valence-corrected chi connectivity index (χ4v) is 1.25. The van der Waals surface area contributed by atoms with Crippen molar-refractivity contribution in [1.82, 2.24) is 14.7 Å². The van der Waals surface area contributed by atoms with Crippen molar-refractivity contribution in [1.29, 1.82) is 0 Å². The maximum Gasteiger partial charge on any atom is 0.323 e. The molecule has 0 aliphatic rings. The van der Waals surface area contributed by atoms with Crippen LogP contribution in [0.5, 0.6) is 0 Å². The number of carbonyl (C=O) groups is 3. The Kier molecular flexibility index (Phi) is 6.15. The van der Waals surface area contributed by atoms with E-state index in [9.17, 15) is 14.4 Å². The van der Waals surface area contributed by atoms with E-state index in [2.05, 4.69) is 0 Å². The highest BCUT2D eigenvalue weighted by Crippen LogP contribution is 2.03. The summed E-state index contributed by atoms with van der Waals surface area (Å²) in [7, 11) is 4.66. The minimum atomic E-state index is -1.08. The Morgan fingerprint density at radius 3 is 1.89 bits per heavy atom. The van der Waals surface area contributed by atoms with Gasteiger partial charge in [0.15, 0.2) is 0 Å². The van der Waals surface area contributed by atoms with Crippen LogP contribution < -0.4 is 0 Å². The minimum absolute atomic E-state index is 0.0747. The predicted octanol–water partition coefficient (Wildman–Crippen LogP) is -0.0786. The molecule has 18 heavy (non-hydrogen) atoms. The number of aliphatic carboxylic acids is 1. The van der Waals surface area contributed by atoms with Gasteiger partial charge in [0.05, 0.1) is 0 Å².